The Morgan fingerprint density at radius 2 is 1.96 bits per heavy atom. The number of hydrogen-bond donors (Lipinski definition) is 3. The van der Waals surface area contributed by atoms with Crippen molar-refractivity contribution in [1.82, 2.24) is 9.97 Å². The van der Waals surface area contributed by atoms with Gasteiger partial charge in [-0.3, -0.25) is 19.4 Å². The number of carbonyl (C=O) groups is 2. The minimum absolute atomic E-state index is 0.0348. The normalized spacial score (nSPS) is 10.2. The lowest BCUT2D eigenvalue weighted by Gasteiger charge is -2.08. The molecule has 2 aromatic rings. The fourth-order valence-corrected chi connectivity index (χ4v) is 2.12. The van der Waals surface area contributed by atoms with Crippen molar-refractivity contribution < 1.29 is 14.3 Å². The molecule has 0 fully saturated rings. The van der Waals surface area contributed by atoms with E-state index >= 15 is 0 Å². The van der Waals surface area contributed by atoms with Crippen LogP contribution >= 0.6 is 0 Å². The lowest BCUT2D eigenvalue weighted by atomic mass is 10.0. The van der Waals surface area contributed by atoms with E-state index in [0.29, 0.717) is 11.3 Å². The molecule has 24 heavy (non-hydrogen) atoms. The number of carbonyl (C=O) groups excluding carboxylic acids is 2. The van der Waals surface area contributed by atoms with Crippen LogP contribution in [0.5, 0.6) is 5.75 Å². The van der Waals surface area contributed by atoms with Gasteiger partial charge in [-0.15, -0.1) is 0 Å². The molecule has 0 spiro atoms. The van der Waals surface area contributed by atoms with E-state index < -0.39 is 17.2 Å². The number of ketones is 1. The maximum Gasteiger partial charge on any atom is 0.325 e. The van der Waals surface area contributed by atoms with Crippen LogP contribution in [0, 0.1) is 6.92 Å². The number of ether oxygens (including phenoxy) is 1. The molecule has 1 aromatic heterocycles. The molecular formula is C16H17N3O5. The average molecular weight is 331 g/mol. The van der Waals surface area contributed by atoms with Crippen LogP contribution in [0.4, 0.5) is 5.69 Å². The van der Waals surface area contributed by atoms with Crippen LogP contribution in [0.1, 0.15) is 28.8 Å². The third-order valence-electron chi connectivity index (χ3n) is 3.33. The van der Waals surface area contributed by atoms with Crippen molar-refractivity contribution in [3.8, 4) is 5.75 Å². The number of methoxy groups -OCH3 is 1. The van der Waals surface area contributed by atoms with Gasteiger partial charge in [0, 0.05) is 19.0 Å². The summed E-state index contributed by atoms with van der Waals surface area (Å²) < 4.78 is 5.15. The summed E-state index contributed by atoms with van der Waals surface area (Å²) in [6.45, 7) is 1.85. The molecule has 0 aliphatic rings. The van der Waals surface area contributed by atoms with Gasteiger partial charge >= 0.3 is 5.69 Å². The Hall–Kier alpha value is -3.16. The lowest BCUT2D eigenvalue weighted by Crippen LogP contribution is -2.26. The van der Waals surface area contributed by atoms with Crippen molar-refractivity contribution >= 4 is 17.4 Å². The molecule has 0 unspecified atom stereocenters. The molecule has 126 valence electrons. The van der Waals surface area contributed by atoms with Crippen LogP contribution in [-0.2, 0) is 4.79 Å². The minimum atomic E-state index is -0.709. The van der Waals surface area contributed by atoms with E-state index in [2.05, 4.69) is 10.3 Å². The Labute approximate surface area is 136 Å². The van der Waals surface area contributed by atoms with Crippen LogP contribution in [0.2, 0.25) is 0 Å². The van der Waals surface area contributed by atoms with Crippen LogP contribution < -0.4 is 21.3 Å². The van der Waals surface area contributed by atoms with Crippen molar-refractivity contribution in [2.24, 2.45) is 0 Å². The number of anilines is 1. The predicted molar refractivity (Wildman–Crippen MR) is 87.6 cm³/mol. The van der Waals surface area contributed by atoms with Gasteiger partial charge < -0.3 is 15.0 Å². The summed E-state index contributed by atoms with van der Waals surface area (Å²) in [6.07, 6.45) is 0.964. The van der Waals surface area contributed by atoms with Crippen LogP contribution in [0.3, 0.4) is 0 Å². The second kappa shape index (κ2) is 7.40. The number of aryl methyl sites for hydroxylation is 1. The van der Waals surface area contributed by atoms with Gasteiger partial charge in [-0.2, -0.15) is 0 Å². The van der Waals surface area contributed by atoms with Gasteiger partial charge in [0.15, 0.2) is 5.78 Å². The molecule has 0 aliphatic carbocycles. The number of benzene rings is 1. The van der Waals surface area contributed by atoms with Gasteiger partial charge in [-0.25, -0.2) is 4.79 Å². The number of aromatic amines is 2. The number of Topliss-reactive ketones (excluding diaryl/α,β-unsaturated/α-hetero) is 1. The zero-order chi connectivity index (χ0) is 17.7. The molecule has 0 atom stereocenters. The highest BCUT2D eigenvalue weighted by Gasteiger charge is 2.15. The van der Waals surface area contributed by atoms with Gasteiger partial charge in [0.25, 0.3) is 5.56 Å². The second-order valence-corrected chi connectivity index (χ2v) is 5.16. The Bertz CT molecular complexity index is 882. The van der Waals surface area contributed by atoms with Crippen molar-refractivity contribution in [2.45, 2.75) is 19.8 Å². The van der Waals surface area contributed by atoms with Gasteiger partial charge in [0.1, 0.15) is 11.4 Å². The summed E-state index contributed by atoms with van der Waals surface area (Å²) in [5.41, 5.74) is -0.144. The first kappa shape index (κ1) is 17.2. The molecule has 1 amide bonds. The zero-order valence-corrected chi connectivity index (χ0v) is 13.3. The Balaban J connectivity index is 2.01. The van der Waals surface area contributed by atoms with Gasteiger partial charge in [-0.1, -0.05) is 11.6 Å². The number of nitrogens with one attached hydrogen (secondary N) is 3. The first-order valence-electron chi connectivity index (χ1n) is 7.20. The molecule has 0 aliphatic heterocycles. The number of rotatable bonds is 6. The number of hydrogen-bond acceptors (Lipinski definition) is 5. The highest BCUT2D eigenvalue weighted by molar-refractivity contribution is 6.01. The molecule has 2 rings (SSSR count). The summed E-state index contributed by atoms with van der Waals surface area (Å²) in [6, 6.07) is 5.22. The van der Waals surface area contributed by atoms with Crippen molar-refractivity contribution in [1.29, 1.82) is 0 Å². The summed E-state index contributed by atoms with van der Waals surface area (Å²) in [5.74, 6) is -0.295. The second-order valence-electron chi connectivity index (χ2n) is 5.16. The highest BCUT2D eigenvalue weighted by atomic mass is 16.5. The van der Waals surface area contributed by atoms with E-state index in [1.54, 1.807) is 12.1 Å². The molecule has 8 nitrogen and oxygen atoms in total. The van der Waals surface area contributed by atoms with Crippen molar-refractivity contribution in [3.63, 3.8) is 0 Å². The van der Waals surface area contributed by atoms with Gasteiger partial charge in [0.2, 0.25) is 5.91 Å². The SMILES string of the molecule is COc1ccc(C)cc1C(=O)CCC(=O)Nc1c[nH]c(=O)[nH]c1=O. The molecule has 1 heterocycles. The molecule has 1 aromatic carbocycles. The maximum absolute atomic E-state index is 12.3. The van der Waals surface area contributed by atoms with E-state index in [0.717, 1.165) is 11.8 Å². The molecule has 0 saturated carbocycles. The zero-order valence-electron chi connectivity index (χ0n) is 13.3. The van der Waals surface area contributed by atoms with Crippen LogP contribution in [0.25, 0.3) is 0 Å². The fourth-order valence-electron chi connectivity index (χ4n) is 2.12. The maximum atomic E-state index is 12.3. The smallest absolute Gasteiger partial charge is 0.325 e. The van der Waals surface area contributed by atoms with E-state index in [9.17, 15) is 19.2 Å². The van der Waals surface area contributed by atoms with E-state index in [1.165, 1.54) is 7.11 Å². The van der Waals surface area contributed by atoms with Crippen LogP contribution in [0.15, 0.2) is 34.0 Å². The molecular weight excluding hydrogens is 314 g/mol. The summed E-state index contributed by atoms with van der Waals surface area (Å²) in [5, 5.41) is 2.35. The van der Waals surface area contributed by atoms with E-state index in [1.807, 2.05) is 18.0 Å². The largest absolute Gasteiger partial charge is 0.496 e. The Morgan fingerprint density at radius 3 is 2.62 bits per heavy atom. The van der Waals surface area contributed by atoms with Crippen molar-refractivity contribution in [3.05, 3.63) is 56.4 Å². The molecule has 0 saturated heterocycles. The summed E-state index contributed by atoms with van der Waals surface area (Å²) in [7, 11) is 1.47. The molecule has 0 bridgehead atoms. The first-order chi connectivity index (χ1) is 11.4. The Morgan fingerprint density at radius 1 is 1.21 bits per heavy atom. The van der Waals surface area contributed by atoms with Crippen LogP contribution in [-0.4, -0.2) is 28.8 Å². The number of amides is 1. The molecule has 8 heteroatoms. The highest BCUT2D eigenvalue weighted by Crippen LogP contribution is 2.21. The fraction of sp³-hybridized carbons (Fsp3) is 0.250. The predicted octanol–water partition coefficient (Wildman–Crippen LogP) is 0.982. The first-order valence-corrected chi connectivity index (χ1v) is 7.20. The molecule has 0 radical (unpaired) electrons. The van der Waals surface area contributed by atoms with Gasteiger partial charge in [0.05, 0.1) is 12.7 Å². The standard InChI is InChI=1S/C16H17N3O5/c1-9-3-5-13(24-2)10(7-9)12(20)4-6-14(21)18-11-8-17-16(23)19-15(11)22/h3,5,7-8H,4,6H2,1-2H3,(H,18,21)(H2,17,19,22,23). The lowest BCUT2D eigenvalue weighted by molar-refractivity contribution is -0.116. The summed E-state index contributed by atoms with van der Waals surface area (Å²) in [4.78, 5) is 50.8. The quantitative estimate of drug-likeness (QED) is 0.681. The van der Waals surface area contributed by atoms with E-state index in [-0.39, 0.29) is 24.3 Å². The average Bonchev–Trinajstić information content (AvgIpc) is 2.55. The number of H-pyrrole nitrogens is 2. The topological polar surface area (TPSA) is 121 Å². The Kier molecular flexibility index (Phi) is 5.31. The third-order valence-corrected chi connectivity index (χ3v) is 3.33. The summed E-state index contributed by atoms with van der Waals surface area (Å²) >= 11 is 0. The van der Waals surface area contributed by atoms with Gasteiger partial charge in [-0.05, 0) is 19.1 Å². The minimum Gasteiger partial charge on any atom is -0.496 e. The number of aromatic nitrogens is 2. The monoisotopic (exact) mass is 331 g/mol. The third kappa shape index (κ3) is 4.19. The van der Waals surface area contributed by atoms with Crippen molar-refractivity contribution in [2.75, 3.05) is 12.4 Å². The molecule has 3 N–H and O–H groups in total. The van der Waals surface area contributed by atoms with E-state index in [4.69, 9.17) is 4.74 Å².